The lowest BCUT2D eigenvalue weighted by molar-refractivity contribution is -0.399. The molecule has 5 aromatic carbocycles. The Bertz CT molecular complexity index is 3110. The van der Waals surface area contributed by atoms with Crippen LogP contribution in [0.3, 0.4) is 0 Å². The molecule has 0 bridgehead atoms. The average molecular weight is 1180 g/mol. The molecule has 23 heteroatoms. The highest BCUT2D eigenvalue weighted by atomic mass is 35.5. The molecule has 2 heterocycles. The van der Waals surface area contributed by atoms with Gasteiger partial charge in [-0.1, -0.05) is 108 Å². The first-order valence-corrected chi connectivity index (χ1v) is 31.1. The monoisotopic (exact) mass is 1180 g/mol. The van der Waals surface area contributed by atoms with E-state index in [1.165, 1.54) is 23.9 Å². The zero-order valence-electron chi connectivity index (χ0n) is 44.1. The van der Waals surface area contributed by atoms with Gasteiger partial charge in [-0.25, -0.2) is 21.6 Å². The molecule has 2 saturated heterocycles. The third kappa shape index (κ3) is 14.9. The van der Waals surface area contributed by atoms with Crippen molar-refractivity contribution in [3.8, 4) is 11.1 Å². The number of hydrogen-bond acceptors (Lipinski definition) is 15. The van der Waals surface area contributed by atoms with E-state index in [9.17, 15) is 49.2 Å². The zero-order valence-corrected chi connectivity index (χ0v) is 48.2. The molecule has 0 saturated carbocycles. The summed E-state index contributed by atoms with van der Waals surface area (Å²) in [6, 6.07) is 31.9. The summed E-state index contributed by atoms with van der Waals surface area (Å²) in [7, 11) is -16.7. The highest BCUT2D eigenvalue weighted by molar-refractivity contribution is 7.99. The van der Waals surface area contributed by atoms with Gasteiger partial charge in [-0.3, -0.25) is 9.69 Å². The number of sulfonamides is 1. The number of sulfone groups is 1. The molecule has 2 atom stereocenters. The van der Waals surface area contributed by atoms with Gasteiger partial charge in [0.25, 0.3) is 25.8 Å². The zero-order chi connectivity index (χ0) is 56.9. The molecule has 424 valence electrons. The highest BCUT2D eigenvalue weighted by Crippen LogP contribution is 2.57. The molecule has 0 radical (unpaired) electrons. The maximum absolute atomic E-state index is 14.3. The largest absolute Gasteiger partial charge is 0.790 e. The molecular weight excluding hydrogens is 1110 g/mol. The number of morpholine rings is 1. The fourth-order valence-corrected chi connectivity index (χ4v) is 14.2. The maximum Gasteiger partial charge on any atom is 0.501 e. The number of nitrogens with one attached hydrogen (secondary N) is 2. The molecule has 2 aliphatic rings. The SMILES string of the molecule is CC(C)(C)C(O[C@@H](c1ccccc1-c1ccc(Cl)cc1)C1CCN(c2ccc(C(=O)NS(=O)(=O)c3ccc(N[C@H](CCN4CCOCC4)CSc4ccccc4)c(S(=O)(=O)C(F)(F)F)c3)cc2)CC1)(OP(=O)([O-])[O-])C(C)(C)C. The van der Waals surface area contributed by atoms with Crippen LogP contribution in [0.2, 0.25) is 5.02 Å². The van der Waals surface area contributed by atoms with Crippen molar-refractivity contribution in [1.29, 1.82) is 0 Å². The Morgan fingerprint density at radius 1 is 0.821 bits per heavy atom. The van der Waals surface area contributed by atoms with Crippen molar-refractivity contribution in [2.24, 2.45) is 16.7 Å². The van der Waals surface area contributed by atoms with Gasteiger partial charge in [-0.15, -0.1) is 11.8 Å². The van der Waals surface area contributed by atoms with Crippen LogP contribution in [-0.2, 0) is 38.4 Å². The third-order valence-electron chi connectivity index (χ3n) is 13.9. The van der Waals surface area contributed by atoms with Crippen LogP contribution in [-0.4, -0.2) is 96.7 Å². The van der Waals surface area contributed by atoms with Crippen molar-refractivity contribution >= 4 is 68.3 Å². The van der Waals surface area contributed by atoms with Crippen molar-refractivity contribution < 1.29 is 63.2 Å². The van der Waals surface area contributed by atoms with E-state index in [1.807, 2.05) is 76.4 Å². The number of carbonyl (C=O) groups excluding carboxylic acids is 1. The Labute approximate surface area is 464 Å². The van der Waals surface area contributed by atoms with Gasteiger partial charge >= 0.3 is 5.51 Å². The second-order valence-electron chi connectivity index (χ2n) is 21.4. The number of nitrogens with zero attached hydrogens (tertiary/aromatic N) is 2. The Morgan fingerprint density at radius 3 is 2.01 bits per heavy atom. The van der Waals surface area contributed by atoms with Crippen molar-refractivity contribution in [2.45, 2.75) is 98.9 Å². The van der Waals surface area contributed by atoms with Gasteiger partial charge in [0.1, 0.15) is 4.90 Å². The molecule has 0 aliphatic carbocycles. The fourth-order valence-electron chi connectivity index (χ4n) is 10.1. The number of phosphoric ester groups is 1. The van der Waals surface area contributed by atoms with E-state index in [4.69, 9.17) is 25.6 Å². The van der Waals surface area contributed by atoms with E-state index < -0.39 is 83.3 Å². The fraction of sp³-hybridized carbons (Fsp3) is 0.436. The number of alkyl halides is 3. The minimum atomic E-state index is -6.13. The van der Waals surface area contributed by atoms with Crippen LogP contribution in [0.1, 0.15) is 82.8 Å². The molecule has 5 aromatic rings. The van der Waals surface area contributed by atoms with Crippen molar-refractivity contribution in [1.82, 2.24) is 9.62 Å². The van der Waals surface area contributed by atoms with Crippen LogP contribution in [0.5, 0.6) is 0 Å². The molecule has 2 N–H and O–H groups in total. The summed E-state index contributed by atoms with van der Waals surface area (Å²) >= 11 is 7.69. The average Bonchev–Trinajstić information content (AvgIpc) is 3.53. The Hall–Kier alpha value is -4.51. The minimum absolute atomic E-state index is 0.111. The lowest BCUT2D eigenvalue weighted by Crippen LogP contribution is -2.59. The molecule has 2 fully saturated rings. The van der Waals surface area contributed by atoms with E-state index in [2.05, 4.69) is 10.2 Å². The van der Waals surface area contributed by atoms with Crippen LogP contribution in [0.15, 0.2) is 136 Å². The van der Waals surface area contributed by atoms with Crippen LogP contribution >= 0.6 is 31.2 Å². The molecule has 1 amide bonds. The standard InChI is InChI=1S/C55H67ClF3N4O11PS3/c1-52(2,3)54(53(4,5)6,74-75(65,66)67)73-50(47-15-11-10-14-46(47)38-16-20-41(56)21-17-38)39-26-30-63(31-27-39)43-22-18-40(19-23-43)51(64)61-78(70,71)45-24-25-48(49(36-45)77(68,69)55(57,58)59)60-42(28-29-62-32-34-72-35-33-62)37-76-44-12-8-7-9-13-44/h7-25,36,39,42,50,60H,26-35,37H2,1-6H3,(H,61,64)(H2,65,66,67)/p-2/t42-,50-/m1/s1. The smallest absolute Gasteiger partial charge is 0.501 e. The number of rotatable bonds is 20. The first kappa shape index (κ1) is 61.1. The van der Waals surface area contributed by atoms with Gasteiger partial charge in [0.2, 0.25) is 0 Å². The van der Waals surface area contributed by atoms with Crippen LogP contribution in [0.4, 0.5) is 24.5 Å². The van der Waals surface area contributed by atoms with Gasteiger partial charge in [0.15, 0.2) is 5.79 Å². The van der Waals surface area contributed by atoms with Crippen molar-refractivity contribution in [3.63, 3.8) is 0 Å². The van der Waals surface area contributed by atoms with E-state index in [-0.39, 0.29) is 11.5 Å². The Balaban J connectivity index is 1.10. The summed E-state index contributed by atoms with van der Waals surface area (Å²) in [5, 5.41) is 3.51. The number of ether oxygens (including phenoxy) is 2. The Morgan fingerprint density at radius 2 is 1.42 bits per heavy atom. The first-order valence-electron chi connectivity index (χ1n) is 25.4. The molecule has 2 aliphatic heterocycles. The molecule has 78 heavy (non-hydrogen) atoms. The quantitative estimate of drug-likeness (QED) is 0.0422. The second-order valence-corrected chi connectivity index (χ2v) is 27.6. The minimum Gasteiger partial charge on any atom is -0.790 e. The van der Waals surface area contributed by atoms with Gasteiger partial charge in [-0.05, 0) is 109 Å². The second kappa shape index (κ2) is 24.7. The van der Waals surface area contributed by atoms with Crippen molar-refractivity contribution in [2.75, 3.05) is 61.9 Å². The predicted octanol–water partition coefficient (Wildman–Crippen LogP) is 10.3. The lowest BCUT2D eigenvalue weighted by atomic mass is 9.70. The Kier molecular flexibility index (Phi) is 19.3. The van der Waals surface area contributed by atoms with Crippen LogP contribution < -0.4 is 24.7 Å². The highest BCUT2D eigenvalue weighted by Gasteiger charge is 2.56. The number of amides is 1. The number of thioether (sulfide) groups is 1. The summed E-state index contributed by atoms with van der Waals surface area (Å²) in [6.45, 7) is 14.3. The number of piperidine rings is 1. The summed E-state index contributed by atoms with van der Waals surface area (Å²) in [5.41, 5.74) is -5.42. The van der Waals surface area contributed by atoms with Gasteiger partial charge in [0.05, 0.1) is 37.7 Å². The topological polar surface area (TPSA) is 207 Å². The number of hydrogen-bond donors (Lipinski definition) is 2. The first-order chi connectivity index (χ1) is 36.5. The van der Waals surface area contributed by atoms with E-state index >= 15 is 0 Å². The number of anilines is 2. The van der Waals surface area contributed by atoms with Gasteiger partial charge in [-0.2, -0.15) is 13.2 Å². The predicted molar refractivity (Wildman–Crippen MR) is 293 cm³/mol. The number of phosphoric acid groups is 1. The summed E-state index contributed by atoms with van der Waals surface area (Å²) in [4.78, 5) is 41.7. The third-order valence-corrected chi connectivity index (χ3v) is 18.7. The molecule has 0 aromatic heterocycles. The molecule has 7 rings (SSSR count). The van der Waals surface area contributed by atoms with Crippen LogP contribution in [0, 0.1) is 16.7 Å². The summed E-state index contributed by atoms with van der Waals surface area (Å²) in [6.07, 6.45) is 0.597. The number of carbonyl (C=O) groups is 1. The lowest BCUT2D eigenvalue weighted by Gasteiger charge is -2.57. The molecule has 0 spiro atoms. The molecule has 15 nitrogen and oxygen atoms in total. The summed E-state index contributed by atoms with van der Waals surface area (Å²) < 4.78 is 129. The van der Waals surface area contributed by atoms with E-state index in [0.29, 0.717) is 87.7 Å². The summed E-state index contributed by atoms with van der Waals surface area (Å²) in [5.74, 6) is -2.99. The molecule has 0 unspecified atom stereocenters. The van der Waals surface area contributed by atoms with E-state index in [1.54, 1.807) is 65.8 Å². The van der Waals surface area contributed by atoms with Gasteiger partial charge in [0, 0.05) is 76.5 Å². The van der Waals surface area contributed by atoms with E-state index in [0.717, 1.165) is 33.7 Å². The normalized spacial score (nSPS) is 16.6. The van der Waals surface area contributed by atoms with Gasteiger partial charge < -0.3 is 38.6 Å². The number of benzene rings is 5. The number of halogens is 4. The van der Waals surface area contributed by atoms with Crippen LogP contribution in [0.25, 0.3) is 11.1 Å². The van der Waals surface area contributed by atoms with Crippen molar-refractivity contribution in [3.05, 3.63) is 137 Å². The maximum atomic E-state index is 14.3. The molecular formula is C55H65ClF3N4O11PS3-2.